The van der Waals surface area contributed by atoms with Gasteiger partial charge in [0.2, 0.25) is 0 Å². The van der Waals surface area contributed by atoms with Crippen molar-refractivity contribution in [1.82, 2.24) is 9.88 Å². The first-order chi connectivity index (χ1) is 12.1. The van der Waals surface area contributed by atoms with Gasteiger partial charge in [0.15, 0.2) is 6.79 Å². The highest BCUT2D eigenvalue weighted by Crippen LogP contribution is 2.31. The van der Waals surface area contributed by atoms with Crippen LogP contribution in [0.15, 0.2) is 30.5 Å². The average Bonchev–Trinajstić information content (AvgIpc) is 2.87. The number of aliphatic hydroxyl groups excluding tert-OH is 1. The summed E-state index contributed by atoms with van der Waals surface area (Å²) in [4.78, 5) is 30.5. The van der Waals surface area contributed by atoms with E-state index in [0.717, 1.165) is 4.90 Å². The third-order valence-electron chi connectivity index (χ3n) is 4.09. The van der Waals surface area contributed by atoms with Gasteiger partial charge < -0.3 is 14.6 Å². The molecule has 2 amide bonds. The second-order valence-corrected chi connectivity index (χ2v) is 5.63. The zero-order chi connectivity index (χ0) is 18.0. The maximum Gasteiger partial charge on any atom is 0.261 e. The maximum absolute atomic E-state index is 12.6. The lowest BCUT2D eigenvalue weighted by Crippen LogP contribution is -2.30. The van der Waals surface area contributed by atoms with Crippen LogP contribution in [-0.2, 0) is 17.9 Å². The lowest BCUT2D eigenvalue weighted by atomic mass is 10.1. The van der Waals surface area contributed by atoms with Crippen LogP contribution in [0.25, 0.3) is 0 Å². The number of carbonyl (C=O) groups is 2. The molecule has 0 atom stereocenters. The van der Waals surface area contributed by atoms with Gasteiger partial charge in [-0.25, -0.2) is 0 Å². The van der Waals surface area contributed by atoms with Crippen LogP contribution in [-0.4, -0.2) is 40.7 Å². The van der Waals surface area contributed by atoms with E-state index in [1.54, 1.807) is 31.2 Å². The number of aryl methyl sites for hydroxylation is 1. The Labute approximate surface area is 144 Å². The van der Waals surface area contributed by atoms with Crippen molar-refractivity contribution >= 4 is 11.8 Å². The number of pyridine rings is 1. The van der Waals surface area contributed by atoms with Gasteiger partial charge in [-0.15, -0.1) is 0 Å². The molecule has 3 rings (SSSR count). The van der Waals surface area contributed by atoms with E-state index in [1.807, 2.05) is 0 Å². The van der Waals surface area contributed by atoms with E-state index in [1.165, 1.54) is 13.3 Å². The predicted molar refractivity (Wildman–Crippen MR) is 88.0 cm³/mol. The van der Waals surface area contributed by atoms with Gasteiger partial charge in [-0.1, -0.05) is 12.1 Å². The second-order valence-electron chi connectivity index (χ2n) is 5.63. The van der Waals surface area contributed by atoms with Crippen LogP contribution in [0.3, 0.4) is 0 Å². The summed E-state index contributed by atoms with van der Waals surface area (Å²) < 4.78 is 10.5. The molecule has 25 heavy (non-hydrogen) atoms. The molecule has 0 radical (unpaired) electrons. The molecular weight excluding hydrogens is 324 g/mol. The van der Waals surface area contributed by atoms with Crippen LogP contribution < -0.4 is 4.74 Å². The largest absolute Gasteiger partial charge is 0.465 e. The Morgan fingerprint density at radius 3 is 2.36 bits per heavy atom. The molecule has 2 heterocycles. The molecule has 0 bridgehead atoms. The lowest BCUT2D eigenvalue weighted by molar-refractivity contribution is 0.0482. The van der Waals surface area contributed by atoms with Crippen LogP contribution >= 0.6 is 0 Å². The van der Waals surface area contributed by atoms with E-state index in [2.05, 4.69) is 4.98 Å². The first-order valence-electron chi connectivity index (χ1n) is 7.73. The number of aromatic nitrogens is 1. The van der Waals surface area contributed by atoms with E-state index in [4.69, 9.17) is 9.47 Å². The minimum absolute atomic E-state index is 0.00742. The topological polar surface area (TPSA) is 89.0 Å². The smallest absolute Gasteiger partial charge is 0.261 e. The van der Waals surface area contributed by atoms with E-state index in [-0.39, 0.29) is 31.8 Å². The number of nitrogens with zero attached hydrogens (tertiary/aromatic N) is 2. The van der Waals surface area contributed by atoms with Crippen molar-refractivity contribution in [2.45, 2.75) is 20.1 Å². The number of hydrogen-bond donors (Lipinski definition) is 1. The maximum atomic E-state index is 12.6. The fraction of sp³-hybridized carbons (Fsp3) is 0.278. The van der Waals surface area contributed by atoms with Gasteiger partial charge >= 0.3 is 0 Å². The molecule has 2 aromatic rings. The van der Waals surface area contributed by atoms with E-state index < -0.39 is 0 Å². The minimum Gasteiger partial charge on any atom is -0.465 e. The van der Waals surface area contributed by atoms with Crippen LogP contribution in [0.4, 0.5) is 0 Å². The summed E-state index contributed by atoms with van der Waals surface area (Å²) in [6, 6.07) is 6.69. The summed E-state index contributed by atoms with van der Waals surface area (Å²) in [6.45, 7) is 1.45. The van der Waals surface area contributed by atoms with Gasteiger partial charge in [0, 0.05) is 24.4 Å². The second kappa shape index (κ2) is 7.00. The third-order valence-corrected chi connectivity index (χ3v) is 4.09. The van der Waals surface area contributed by atoms with E-state index in [0.29, 0.717) is 33.7 Å². The number of fused-ring (bicyclic) bond motifs is 1. The number of benzene rings is 1. The quantitative estimate of drug-likeness (QED) is 0.634. The number of ether oxygens (including phenoxy) is 2. The first-order valence-corrected chi connectivity index (χ1v) is 7.73. The number of hydrogen-bond acceptors (Lipinski definition) is 6. The number of imide groups is 1. The zero-order valence-corrected chi connectivity index (χ0v) is 14.0. The number of amides is 2. The number of carbonyl (C=O) groups excluding carboxylic acids is 2. The SMILES string of the molecule is COCOc1c(C)ncc(CO)c1CN1C(=O)c2ccccc2C1=O. The zero-order valence-electron chi connectivity index (χ0n) is 14.0. The van der Waals surface area contributed by atoms with Crippen molar-refractivity contribution < 1.29 is 24.2 Å². The highest BCUT2D eigenvalue weighted by molar-refractivity contribution is 6.21. The van der Waals surface area contributed by atoms with Gasteiger partial charge in [0.05, 0.1) is 30.0 Å². The number of methoxy groups -OCH3 is 1. The molecule has 0 unspecified atom stereocenters. The molecular formula is C18H18N2O5. The molecule has 1 aromatic carbocycles. The fourth-order valence-electron chi connectivity index (χ4n) is 2.84. The van der Waals surface area contributed by atoms with Gasteiger partial charge in [-0.2, -0.15) is 0 Å². The molecule has 130 valence electrons. The molecule has 1 aromatic heterocycles. The molecule has 0 aliphatic carbocycles. The van der Waals surface area contributed by atoms with Crippen molar-refractivity contribution in [2.75, 3.05) is 13.9 Å². The molecule has 0 saturated heterocycles. The molecule has 1 aliphatic heterocycles. The van der Waals surface area contributed by atoms with E-state index in [9.17, 15) is 14.7 Å². The molecule has 7 nitrogen and oxygen atoms in total. The summed E-state index contributed by atoms with van der Waals surface area (Å²) >= 11 is 0. The third kappa shape index (κ3) is 2.99. The molecule has 1 N–H and O–H groups in total. The van der Waals surface area contributed by atoms with Crippen molar-refractivity contribution in [3.63, 3.8) is 0 Å². The highest BCUT2D eigenvalue weighted by Gasteiger charge is 2.36. The molecule has 1 aliphatic rings. The van der Waals surface area contributed by atoms with Crippen LogP contribution in [0, 0.1) is 6.92 Å². The number of rotatable bonds is 6. The predicted octanol–water partition coefficient (Wildman–Crippen LogP) is 1.66. The Kier molecular flexibility index (Phi) is 4.78. The van der Waals surface area contributed by atoms with Crippen molar-refractivity contribution in [1.29, 1.82) is 0 Å². The molecule has 0 saturated carbocycles. The Morgan fingerprint density at radius 1 is 1.16 bits per heavy atom. The molecule has 0 spiro atoms. The summed E-state index contributed by atoms with van der Waals surface area (Å²) in [7, 11) is 1.49. The van der Waals surface area contributed by atoms with Crippen LogP contribution in [0.2, 0.25) is 0 Å². The van der Waals surface area contributed by atoms with Gasteiger partial charge in [0.1, 0.15) is 5.75 Å². The number of aliphatic hydroxyl groups is 1. The standard InChI is InChI=1S/C18H18N2O5/c1-11-16(25-10-24-2)15(12(9-21)7-19-11)8-20-17(22)13-5-3-4-6-14(13)18(20)23/h3-7,21H,8-10H2,1-2H3. The highest BCUT2D eigenvalue weighted by atomic mass is 16.7. The summed E-state index contributed by atoms with van der Waals surface area (Å²) in [5.74, 6) is -0.321. The van der Waals surface area contributed by atoms with Gasteiger partial charge in [-0.05, 0) is 19.1 Å². The summed E-state index contributed by atoms with van der Waals surface area (Å²) in [5, 5.41) is 9.62. The average molecular weight is 342 g/mol. The Balaban J connectivity index is 1.99. The van der Waals surface area contributed by atoms with Crippen molar-refractivity contribution in [3.8, 4) is 5.75 Å². The molecule has 0 fully saturated rings. The fourth-order valence-corrected chi connectivity index (χ4v) is 2.84. The molecule has 7 heteroatoms. The van der Waals surface area contributed by atoms with Crippen molar-refractivity contribution in [2.24, 2.45) is 0 Å². The van der Waals surface area contributed by atoms with Crippen molar-refractivity contribution in [3.05, 3.63) is 58.4 Å². The Bertz CT molecular complexity index is 799. The van der Waals surface area contributed by atoms with Crippen LogP contribution in [0.1, 0.15) is 37.5 Å². The van der Waals surface area contributed by atoms with E-state index >= 15 is 0 Å². The van der Waals surface area contributed by atoms with Gasteiger partial charge in [0.25, 0.3) is 11.8 Å². The summed E-state index contributed by atoms with van der Waals surface area (Å²) in [5.41, 5.74) is 2.38. The lowest BCUT2D eigenvalue weighted by Gasteiger charge is -2.20. The van der Waals surface area contributed by atoms with Gasteiger partial charge in [-0.3, -0.25) is 19.5 Å². The Morgan fingerprint density at radius 2 is 1.80 bits per heavy atom. The monoisotopic (exact) mass is 342 g/mol. The Hall–Kier alpha value is -2.77. The normalized spacial score (nSPS) is 13.3. The first kappa shape index (κ1) is 17.1. The van der Waals surface area contributed by atoms with Crippen LogP contribution in [0.5, 0.6) is 5.75 Å². The summed E-state index contributed by atoms with van der Waals surface area (Å²) in [6.07, 6.45) is 1.52. The minimum atomic E-state index is -0.364.